The molecule has 0 saturated heterocycles. The number of esters is 4. The number of rotatable bonds is 14. The maximum Gasteiger partial charge on any atom is 0.423 e. The minimum atomic E-state index is -1.66. The second-order valence-electron chi connectivity index (χ2n) is 13.4. The third-order valence-corrected chi connectivity index (χ3v) is 9.74. The van der Waals surface area contributed by atoms with Crippen LogP contribution in [-0.4, -0.2) is 37.1 Å². The first kappa shape index (κ1) is 42.2. The van der Waals surface area contributed by atoms with Crippen LogP contribution >= 0.6 is 69.6 Å². The predicted molar refractivity (Wildman–Crippen MR) is 190 cm³/mol. The summed E-state index contributed by atoms with van der Waals surface area (Å²) in [5.41, 5.74) is -1.76. The van der Waals surface area contributed by atoms with E-state index in [2.05, 4.69) is 27.7 Å². The zero-order chi connectivity index (χ0) is 36.7. The zero-order valence-corrected chi connectivity index (χ0v) is 32.6. The molecule has 0 aliphatic carbocycles. The van der Waals surface area contributed by atoms with Crippen molar-refractivity contribution in [3.05, 3.63) is 53.4 Å². The summed E-state index contributed by atoms with van der Waals surface area (Å²) >= 11 is 37.5. The molecule has 0 radical (unpaired) electrons. The average Bonchev–Trinajstić information content (AvgIpc) is 2.99. The standard InChI is InChI=1S/C34H40Cl6O8/c1-9-17(3)13-33(5,6)15-45-29(41)23-25(39)19(35)11-21(37)27(23)47-31(43)32(44)48-28-22(38)12-20(36)26(40)24(28)30(42)46-16-34(7,8)14-18(4)10-2/h11-12,17-18H,9-10,13-16H2,1-8H3. The predicted octanol–water partition coefficient (Wildman–Crippen LogP) is 11.4. The Morgan fingerprint density at radius 1 is 0.604 bits per heavy atom. The van der Waals surface area contributed by atoms with Gasteiger partial charge in [0.25, 0.3) is 0 Å². The van der Waals surface area contributed by atoms with Gasteiger partial charge in [-0.15, -0.1) is 0 Å². The van der Waals surface area contributed by atoms with Crippen LogP contribution in [0.25, 0.3) is 0 Å². The SMILES string of the molecule is CCC(C)CC(C)(C)COC(=O)c1c(Cl)c(Cl)cc(Cl)c1OC(=O)C(=O)Oc1c(Cl)cc(Cl)c(Cl)c1C(=O)OCC(C)(C)CC(C)CC. The summed E-state index contributed by atoms with van der Waals surface area (Å²) in [6, 6.07) is 2.24. The molecule has 8 nitrogen and oxygen atoms in total. The first-order chi connectivity index (χ1) is 22.1. The van der Waals surface area contributed by atoms with Crippen molar-refractivity contribution in [3.8, 4) is 11.5 Å². The minimum absolute atomic E-state index is 0.00439. The molecule has 0 aliphatic rings. The van der Waals surface area contributed by atoms with Crippen LogP contribution in [0.15, 0.2) is 12.1 Å². The van der Waals surface area contributed by atoms with Gasteiger partial charge in [-0.1, -0.05) is 138 Å². The quantitative estimate of drug-likeness (QED) is 0.0806. The van der Waals surface area contributed by atoms with Gasteiger partial charge in [-0.05, 0) is 47.6 Å². The van der Waals surface area contributed by atoms with Gasteiger partial charge in [0.1, 0.15) is 11.1 Å². The molecule has 0 spiro atoms. The molecule has 0 fully saturated rings. The van der Waals surface area contributed by atoms with E-state index in [4.69, 9.17) is 88.6 Å². The van der Waals surface area contributed by atoms with Gasteiger partial charge in [0, 0.05) is 0 Å². The Morgan fingerprint density at radius 2 is 0.917 bits per heavy atom. The van der Waals surface area contributed by atoms with Crippen molar-refractivity contribution in [2.24, 2.45) is 22.7 Å². The molecular formula is C34H40Cl6O8. The van der Waals surface area contributed by atoms with Crippen LogP contribution in [0.2, 0.25) is 30.1 Å². The molecule has 0 amide bonds. The summed E-state index contributed by atoms with van der Waals surface area (Å²) < 4.78 is 21.5. The summed E-state index contributed by atoms with van der Waals surface area (Å²) in [5, 5.41) is -1.56. The lowest BCUT2D eigenvalue weighted by molar-refractivity contribution is -0.156. The van der Waals surface area contributed by atoms with Gasteiger partial charge in [-0.2, -0.15) is 0 Å². The highest BCUT2D eigenvalue weighted by atomic mass is 35.5. The van der Waals surface area contributed by atoms with E-state index in [0.717, 1.165) is 37.8 Å². The molecule has 0 aliphatic heterocycles. The number of benzene rings is 2. The van der Waals surface area contributed by atoms with Crippen molar-refractivity contribution < 1.29 is 38.1 Å². The zero-order valence-electron chi connectivity index (χ0n) is 28.1. The molecule has 2 unspecified atom stereocenters. The van der Waals surface area contributed by atoms with E-state index >= 15 is 0 Å². The third kappa shape index (κ3) is 11.6. The molecule has 2 aromatic rings. The molecule has 14 heteroatoms. The summed E-state index contributed by atoms with van der Waals surface area (Å²) in [6.45, 7) is 16.0. The maximum atomic E-state index is 13.2. The van der Waals surface area contributed by atoms with Crippen LogP contribution in [0.5, 0.6) is 11.5 Å². The second kappa shape index (κ2) is 17.8. The summed E-state index contributed by atoms with van der Waals surface area (Å²) in [7, 11) is 0. The fourth-order valence-corrected chi connectivity index (χ4v) is 6.39. The van der Waals surface area contributed by atoms with E-state index in [-0.39, 0.29) is 43.3 Å². The van der Waals surface area contributed by atoms with E-state index in [1.165, 1.54) is 0 Å². The van der Waals surface area contributed by atoms with Crippen LogP contribution in [0.3, 0.4) is 0 Å². The van der Waals surface area contributed by atoms with Crippen LogP contribution in [0.4, 0.5) is 0 Å². The van der Waals surface area contributed by atoms with E-state index in [1.54, 1.807) is 0 Å². The number of hydrogen-bond donors (Lipinski definition) is 0. The van der Waals surface area contributed by atoms with Gasteiger partial charge in [-0.3, -0.25) is 0 Å². The van der Waals surface area contributed by atoms with Crippen molar-refractivity contribution >= 4 is 93.5 Å². The van der Waals surface area contributed by atoms with E-state index in [9.17, 15) is 19.2 Å². The van der Waals surface area contributed by atoms with Gasteiger partial charge in [0.15, 0.2) is 11.5 Å². The fraction of sp³-hybridized carbons (Fsp3) is 0.529. The molecule has 0 aromatic heterocycles. The monoisotopic (exact) mass is 786 g/mol. The van der Waals surface area contributed by atoms with Crippen LogP contribution in [0.1, 0.15) is 102 Å². The van der Waals surface area contributed by atoms with Crippen molar-refractivity contribution in [1.82, 2.24) is 0 Å². The van der Waals surface area contributed by atoms with Crippen LogP contribution < -0.4 is 9.47 Å². The maximum absolute atomic E-state index is 13.2. The van der Waals surface area contributed by atoms with Crippen LogP contribution in [-0.2, 0) is 19.1 Å². The van der Waals surface area contributed by atoms with Gasteiger partial charge in [0.05, 0.1) is 43.3 Å². The average molecular weight is 789 g/mol. The molecule has 48 heavy (non-hydrogen) atoms. The fourth-order valence-electron chi connectivity index (χ4n) is 4.95. The second-order valence-corrected chi connectivity index (χ2v) is 15.8. The third-order valence-electron chi connectivity index (χ3n) is 7.60. The topological polar surface area (TPSA) is 105 Å². The highest BCUT2D eigenvalue weighted by Gasteiger charge is 2.33. The normalized spacial score (nSPS) is 13.0. The molecule has 2 rings (SSSR count). The lowest BCUT2D eigenvalue weighted by Crippen LogP contribution is -2.28. The highest BCUT2D eigenvalue weighted by molar-refractivity contribution is 6.47. The summed E-state index contributed by atoms with van der Waals surface area (Å²) in [6.07, 6.45) is 3.40. The highest BCUT2D eigenvalue weighted by Crippen LogP contribution is 2.42. The van der Waals surface area contributed by atoms with E-state index in [1.807, 2.05) is 27.7 Å². The summed E-state index contributed by atoms with van der Waals surface area (Å²) in [4.78, 5) is 52.6. The lowest BCUT2D eigenvalue weighted by atomic mass is 9.83. The molecule has 0 bridgehead atoms. The Balaban J connectivity index is 2.37. The molecular weight excluding hydrogens is 749 g/mol. The molecule has 266 valence electrons. The Kier molecular flexibility index (Phi) is 15.7. The lowest BCUT2D eigenvalue weighted by Gasteiger charge is -2.27. The van der Waals surface area contributed by atoms with E-state index < -0.39 is 57.3 Å². The molecule has 2 aromatic carbocycles. The smallest absolute Gasteiger partial charge is 0.423 e. The summed E-state index contributed by atoms with van der Waals surface area (Å²) in [5.74, 6) is -5.74. The molecule has 2 atom stereocenters. The Labute approximate surface area is 311 Å². The Hall–Kier alpha value is -1.94. The number of carbonyl (C=O) groups is 4. The molecule has 0 N–H and O–H groups in total. The number of ether oxygens (including phenoxy) is 4. The van der Waals surface area contributed by atoms with Crippen LogP contribution in [0, 0.1) is 22.7 Å². The van der Waals surface area contributed by atoms with Crippen molar-refractivity contribution in [2.45, 2.75) is 81.1 Å². The van der Waals surface area contributed by atoms with Crippen molar-refractivity contribution in [1.29, 1.82) is 0 Å². The minimum Gasteiger partial charge on any atom is -0.461 e. The van der Waals surface area contributed by atoms with Gasteiger partial charge in [0.2, 0.25) is 0 Å². The van der Waals surface area contributed by atoms with Gasteiger partial charge in [-0.25, -0.2) is 19.2 Å². The first-order valence-electron chi connectivity index (χ1n) is 15.3. The molecule has 0 heterocycles. The van der Waals surface area contributed by atoms with Gasteiger partial charge >= 0.3 is 23.9 Å². The largest absolute Gasteiger partial charge is 0.461 e. The molecule has 0 saturated carbocycles. The number of hydrogen-bond acceptors (Lipinski definition) is 8. The van der Waals surface area contributed by atoms with Crippen molar-refractivity contribution in [3.63, 3.8) is 0 Å². The number of carbonyl (C=O) groups excluding carboxylic acids is 4. The Bertz CT molecular complexity index is 1420. The number of halogens is 6. The first-order valence-corrected chi connectivity index (χ1v) is 17.5. The Morgan fingerprint density at radius 3 is 1.21 bits per heavy atom. The van der Waals surface area contributed by atoms with Gasteiger partial charge < -0.3 is 18.9 Å². The van der Waals surface area contributed by atoms with Crippen molar-refractivity contribution in [2.75, 3.05) is 13.2 Å². The van der Waals surface area contributed by atoms with E-state index in [0.29, 0.717) is 11.8 Å².